The van der Waals surface area contributed by atoms with E-state index in [0.717, 1.165) is 44.2 Å². The van der Waals surface area contributed by atoms with Crippen LogP contribution in [0.4, 0.5) is 0 Å². The SMILES string of the molecule is CC(C)Cc1cccc2c1cc1c3c(nccc32)-c2[c-]c3ccccc3c(CC(C)(C)C)c2S1.CCC(C)(CC)C(=O)/C=C(\O)C(C)(CC)CC.[Ir]. The normalized spacial score (nSPS) is 13.2. The van der Waals surface area contributed by atoms with Gasteiger partial charge in [0.15, 0.2) is 5.78 Å². The van der Waals surface area contributed by atoms with Gasteiger partial charge in [-0.25, -0.2) is 0 Å². The molecule has 0 aliphatic carbocycles. The summed E-state index contributed by atoms with van der Waals surface area (Å²) in [4.78, 5) is 19.8. The van der Waals surface area contributed by atoms with E-state index in [2.05, 4.69) is 95.3 Å². The van der Waals surface area contributed by atoms with E-state index >= 15 is 0 Å². The standard InChI is InChI=1S/C32H30NS.C15H28O2.Ir/c1-19(2)15-20-10-8-12-23-24-13-14-33-30-26-16-21-9-6-7-11-22(21)27(18-32(3,4)5)31(26)34-28(29(24)30)17-25(20)23;1-7-14(5,8-2)12(16)11-13(17)15(6,9-3)10-4;/h6-14,17,19H,15,18H2,1-5H3;11,16H,7-10H2,1-6H3;/q-1;;/b;12-11-;. The molecule has 5 aromatic rings. The predicted molar refractivity (Wildman–Crippen MR) is 220 cm³/mol. The molecule has 52 heavy (non-hydrogen) atoms. The molecule has 279 valence electrons. The monoisotopic (exact) mass is 893 g/mol. The Labute approximate surface area is 330 Å². The van der Waals surface area contributed by atoms with Crippen LogP contribution in [-0.2, 0) is 37.7 Å². The van der Waals surface area contributed by atoms with Crippen molar-refractivity contribution >= 4 is 49.9 Å². The molecule has 1 radical (unpaired) electrons. The third-order valence-corrected chi connectivity index (χ3v) is 12.6. The van der Waals surface area contributed by atoms with Gasteiger partial charge in [-0.1, -0.05) is 129 Å². The first-order valence-electron chi connectivity index (χ1n) is 19.0. The van der Waals surface area contributed by atoms with Crippen molar-refractivity contribution in [3.05, 3.63) is 89.8 Å². The van der Waals surface area contributed by atoms with E-state index in [1.54, 1.807) is 0 Å². The van der Waals surface area contributed by atoms with E-state index in [1.165, 1.54) is 64.9 Å². The Hall–Kier alpha value is -2.98. The Kier molecular flexibility index (Phi) is 13.3. The number of rotatable bonds is 10. The molecule has 1 N–H and O–H groups in total. The zero-order chi connectivity index (χ0) is 37.3. The Morgan fingerprint density at radius 3 is 2.10 bits per heavy atom. The summed E-state index contributed by atoms with van der Waals surface area (Å²) in [6, 6.07) is 23.9. The molecule has 1 aliphatic rings. The molecule has 1 aromatic heterocycles. The molecule has 0 saturated carbocycles. The molecule has 3 nitrogen and oxygen atoms in total. The van der Waals surface area contributed by atoms with Gasteiger partial charge in [-0.3, -0.25) is 9.78 Å². The molecule has 4 aromatic carbocycles. The first-order chi connectivity index (χ1) is 24.1. The second-order valence-electron chi connectivity index (χ2n) is 16.7. The molecule has 2 heterocycles. The summed E-state index contributed by atoms with van der Waals surface area (Å²) in [5, 5.41) is 17.9. The van der Waals surface area contributed by atoms with Crippen molar-refractivity contribution in [1.29, 1.82) is 0 Å². The third-order valence-electron chi connectivity index (χ3n) is 11.4. The first-order valence-corrected chi connectivity index (χ1v) is 19.8. The van der Waals surface area contributed by atoms with Crippen molar-refractivity contribution in [3.8, 4) is 11.3 Å². The maximum absolute atomic E-state index is 12.2. The predicted octanol–water partition coefficient (Wildman–Crippen LogP) is 13.9. The average molecular weight is 893 g/mol. The zero-order valence-electron chi connectivity index (χ0n) is 33.2. The summed E-state index contributed by atoms with van der Waals surface area (Å²) < 4.78 is 0. The molecular weight excluding hydrogens is 835 g/mol. The van der Waals surface area contributed by atoms with Crippen molar-refractivity contribution in [2.45, 2.75) is 124 Å². The molecule has 0 bridgehead atoms. The molecule has 1 aliphatic heterocycles. The molecule has 5 heteroatoms. The topological polar surface area (TPSA) is 50.2 Å². The number of nitrogens with zero attached hydrogens (tertiary/aromatic N) is 1. The van der Waals surface area contributed by atoms with Crippen molar-refractivity contribution < 1.29 is 30.0 Å². The van der Waals surface area contributed by atoms with Crippen LogP contribution in [0.15, 0.2) is 82.4 Å². The van der Waals surface area contributed by atoms with Gasteiger partial charge in [0.05, 0.1) is 0 Å². The maximum atomic E-state index is 12.2. The van der Waals surface area contributed by atoms with Crippen LogP contribution in [0.5, 0.6) is 0 Å². The third kappa shape index (κ3) is 8.38. The Morgan fingerprint density at radius 2 is 1.48 bits per heavy atom. The van der Waals surface area contributed by atoms with Gasteiger partial charge in [0.25, 0.3) is 0 Å². The molecule has 0 fully saturated rings. The van der Waals surface area contributed by atoms with Crippen LogP contribution < -0.4 is 0 Å². The second-order valence-corrected chi connectivity index (χ2v) is 17.7. The van der Waals surface area contributed by atoms with E-state index in [4.69, 9.17) is 4.98 Å². The maximum Gasteiger partial charge on any atom is 0.164 e. The molecule has 6 rings (SSSR count). The number of ketones is 1. The minimum absolute atomic E-state index is 0. The average Bonchev–Trinajstić information content (AvgIpc) is 3.11. The smallest absolute Gasteiger partial charge is 0.164 e. The van der Waals surface area contributed by atoms with Gasteiger partial charge in [-0.2, -0.15) is 0 Å². The van der Waals surface area contributed by atoms with Crippen molar-refractivity contribution in [3.63, 3.8) is 0 Å². The van der Waals surface area contributed by atoms with E-state index in [9.17, 15) is 9.90 Å². The van der Waals surface area contributed by atoms with Crippen LogP contribution in [-0.4, -0.2) is 15.9 Å². The van der Waals surface area contributed by atoms with Crippen LogP contribution in [0, 0.1) is 28.2 Å². The number of aliphatic hydroxyl groups is 1. The second kappa shape index (κ2) is 16.6. The van der Waals surface area contributed by atoms with Crippen LogP contribution >= 0.6 is 11.8 Å². The molecular formula is C47H58IrNO2S-. The zero-order valence-corrected chi connectivity index (χ0v) is 36.4. The summed E-state index contributed by atoms with van der Waals surface area (Å²) in [5.74, 6) is 0.909. The Morgan fingerprint density at radius 1 is 0.846 bits per heavy atom. The van der Waals surface area contributed by atoms with Crippen molar-refractivity contribution in [1.82, 2.24) is 4.98 Å². The van der Waals surface area contributed by atoms with Gasteiger partial charge in [-0.05, 0) is 94.0 Å². The number of pyridine rings is 1. The van der Waals surface area contributed by atoms with Gasteiger partial charge in [0.1, 0.15) is 5.76 Å². The van der Waals surface area contributed by atoms with Gasteiger partial charge in [0.2, 0.25) is 0 Å². The number of allylic oxidation sites excluding steroid dienone is 2. The number of hydrogen-bond donors (Lipinski definition) is 1. The minimum atomic E-state index is -0.337. The fraction of sp³-hybridized carbons (Fsp3) is 0.447. The van der Waals surface area contributed by atoms with E-state index < -0.39 is 0 Å². The minimum Gasteiger partial charge on any atom is -0.512 e. The summed E-state index contributed by atoms with van der Waals surface area (Å²) in [6.45, 7) is 23.7. The first kappa shape index (κ1) is 41.8. The van der Waals surface area contributed by atoms with Gasteiger partial charge >= 0.3 is 0 Å². The number of benzene rings is 4. The quantitative estimate of drug-likeness (QED) is 0.0644. The number of hydrogen-bond acceptors (Lipinski definition) is 4. The molecule has 0 unspecified atom stereocenters. The molecule has 0 saturated heterocycles. The van der Waals surface area contributed by atoms with Gasteiger partial charge in [0, 0.05) is 53.8 Å². The van der Waals surface area contributed by atoms with E-state index in [-0.39, 0.29) is 47.9 Å². The summed E-state index contributed by atoms with van der Waals surface area (Å²) in [7, 11) is 0. The van der Waals surface area contributed by atoms with Crippen molar-refractivity contribution in [2.24, 2.45) is 22.2 Å². The number of carbonyl (C=O) groups excluding carboxylic acids is 1. The van der Waals surface area contributed by atoms with Crippen molar-refractivity contribution in [2.75, 3.05) is 0 Å². The molecule has 0 atom stereocenters. The van der Waals surface area contributed by atoms with Crippen LogP contribution in [0.1, 0.15) is 113 Å². The van der Waals surface area contributed by atoms with Crippen LogP contribution in [0.3, 0.4) is 0 Å². The Bertz CT molecular complexity index is 2100. The number of aliphatic hydroxyl groups excluding tert-OH is 1. The van der Waals surface area contributed by atoms with E-state index in [1.807, 2.05) is 59.5 Å². The fourth-order valence-electron chi connectivity index (χ4n) is 7.14. The number of carbonyl (C=O) groups is 1. The summed E-state index contributed by atoms with van der Waals surface area (Å²) >= 11 is 1.93. The molecule has 0 spiro atoms. The van der Waals surface area contributed by atoms with E-state index in [0.29, 0.717) is 5.92 Å². The number of aromatic nitrogens is 1. The summed E-state index contributed by atoms with van der Waals surface area (Å²) in [5.41, 5.74) is 4.70. The summed E-state index contributed by atoms with van der Waals surface area (Å²) in [6.07, 6.45) is 8.86. The largest absolute Gasteiger partial charge is 0.512 e. The van der Waals surface area contributed by atoms with Gasteiger partial charge < -0.3 is 5.11 Å². The number of fused-ring (bicyclic) bond motifs is 5. The van der Waals surface area contributed by atoms with Crippen LogP contribution in [0.25, 0.3) is 43.6 Å². The van der Waals surface area contributed by atoms with Gasteiger partial charge in [-0.15, -0.1) is 29.3 Å². The van der Waals surface area contributed by atoms with Crippen LogP contribution in [0.2, 0.25) is 0 Å². The molecule has 0 amide bonds. The Balaban J connectivity index is 0.000000289. The fourth-order valence-corrected chi connectivity index (χ4v) is 8.40.